The van der Waals surface area contributed by atoms with Gasteiger partial charge in [-0.3, -0.25) is 9.59 Å². The average Bonchev–Trinajstić information content (AvgIpc) is 3.45. The molecule has 464 valence electrons. The second-order valence-electron chi connectivity index (χ2n) is 26.3. The van der Waals surface area contributed by atoms with Crippen molar-refractivity contribution in [3.63, 3.8) is 0 Å². The fraction of sp³-hybridized carbons (Fsp3) is 0.972. The van der Waals surface area contributed by atoms with E-state index in [1.165, 1.54) is 308 Å². The lowest BCUT2D eigenvalue weighted by Gasteiger charge is -2.44. The summed E-state index contributed by atoms with van der Waals surface area (Å²) in [6, 6.07) is 0. The topological polar surface area (TPSA) is 115 Å². The van der Waals surface area contributed by atoms with Gasteiger partial charge in [0.2, 0.25) is 0 Å². The zero-order chi connectivity index (χ0) is 56.8. The first-order valence-corrected chi connectivity index (χ1v) is 35.9. The third-order valence-corrected chi connectivity index (χ3v) is 19.8. The SMILES string of the molecule is CCCCCCCC1CCC(CCCCCCC(=O)O)C(CCCCCCCCC(=O)O)C1CCCCCCC.CCCCCCCC1CCC(CCCCCCCO)C(CCCCCCCCCO)C1CCCCCCC. The Morgan fingerprint density at radius 2 is 0.436 bits per heavy atom. The fourth-order valence-corrected chi connectivity index (χ4v) is 15.2. The van der Waals surface area contributed by atoms with Crippen LogP contribution in [0.4, 0.5) is 0 Å². The van der Waals surface area contributed by atoms with Crippen LogP contribution in [0.1, 0.15) is 387 Å². The van der Waals surface area contributed by atoms with Crippen LogP contribution in [0.2, 0.25) is 0 Å². The summed E-state index contributed by atoms with van der Waals surface area (Å²) in [5.74, 6) is 6.25. The Bertz CT molecular complexity index is 1250. The molecule has 4 N–H and O–H groups in total. The Morgan fingerprint density at radius 3 is 0.641 bits per heavy atom. The monoisotopic (exact) mass is 1100 g/mol. The maximum atomic E-state index is 10.9. The van der Waals surface area contributed by atoms with Crippen LogP contribution in [-0.4, -0.2) is 45.6 Å². The second kappa shape index (κ2) is 56.3. The number of rotatable bonds is 56. The number of carboxylic acids is 2. The maximum absolute atomic E-state index is 10.9. The van der Waals surface area contributed by atoms with Crippen molar-refractivity contribution in [2.75, 3.05) is 13.2 Å². The summed E-state index contributed by atoms with van der Waals surface area (Å²) in [7, 11) is 0. The number of carbonyl (C=O) groups is 2. The van der Waals surface area contributed by atoms with E-state index in [-0.39, 0.29) is 0 Å². The minimum absolute atomic E-state index is 0.319. The predicted molar refractivity (Wildman–Crippen MR) is 339 cm³/mol. The van der Waals surface area contributed by atoms with Gasteiger partial charge in [0.05, 0.1) is 0 Å². The van der Waals surface area contributed by atoms with Crippen molar-refractivity contribution in [1.29, 1.82) is 0 Å². The summed E-state index contributed by atoms with van der Waals surface area (Å²) in [4.78, 5) is 21.6. The van der Waals surface area contributed by atoms with Crippen molar-refractivity contribution in [1.82, 2.24) is 0 Å². The summed E-state index contributed by atoms with van der Waals surface area (Å²) in [6.07, 6.45) is 73.2. The van der Waals surface area contributed by atoms with Crippen molar-refractivity contribution >= 4 is 11.9 Å². The molecule has 0 aliphatic heterocycles. The molecule has 8 unspecified atom stereocenters. The highest BCUT2D eigenvalue weighted by atomic mass is 16.4. The van der Waals surface area contributed by atoms with Crippen molar-refractivity contribution in [3.8, 4) is 0 Å². The van der Waals surface area contributed by atoms with Crippen LogP contribution in [0, 0.1) is 47.3 Å². The second-order valence-corrected chi connectivity index (χ2v) is 26.3. The maximum Gasteiger partial charge on any atom is 0.303 e. The molecule has 0 bridgehead atoms. The Morgan fingerprint density at radius 1 is 0.256 bits per heavy atom. The van der Waals surface area contributed by atoms with E-state index in [4.69, 9.17) is 20.4 Å². The van der Waals surface area contributed by atoms with Crippen LogP contribution >= 0.6 is 0 Å². The van der Waals surface area contributed by atoms with Gasteiger partial charge in [-0.2, -0.15) is 0 Å². The Labute approximate surface area is 487 Å². The molecule has 0 aromatic heterocycles. The van der Waals surface area contributed by atoms with Gasteiger partial charge in [-0.05, 0) is 124 Å². The molecular formula is C72H140O6. The van der Waals surface area contributed by atoms with Crippen molar-refractivity contribution in [2.24, 2.45) is 47.3 Å². The molecule has 0 saturated heterocycles. The molecule has 8 atom stereocenters. The highest BCUT2D eigenvalue weighted by molar-refractivity contribution is 5.66. The molecule has 0 aromatic rings. The van der Waals surface area contributed by atoms with Crippen LogP contribution in [0.3, 0.4) is 0 Å². The summed E-state index contributed by atoms with van der Waals surface area (Å²) >= 11 is 0. The summed E-state index contributed by atoms with van der Waals surface area (Å²) in [6.45, 7) is 10.0. The van der Waals surface area contributed by atoms with Crippen molar-refractivity contribution in [2.45, 2.75) is 387 Å². The molecule has 0 aromatic carbocycles. The average molecular weight is 1100 g/mol. The van der Waals surface area contributed by atoms with Crippen LogP contribution in [-0.2, 0) is 9.59 Å². The van der Waals surface area contributed by atoms with Crippen LogP contribution < -0.4 is 0 Å². The number of carboxylic acid groups (broad SMARTS) is 2. The molecular weight excluding hydrogens is 961 g/mol. The Kier molecular flexibility index (Phi) is 54.1. The predicted octanol–water partition coefficient (Wildman–Crippen LogP) is 23.0. The number of aliphatic hydroxyl groups excluding tert-OH is 2. The van der Waals surface area contributed by atoms with Gasteiger partial charge >= 0.3 is 11.9 Å². The first-order valence-electron chi connectivity index (χ1n) is 35.9. The van der Waals surface area contributed by atoms with Crippen molar-refractivity contribution in [3.05, 3.63) is 0 Å². The van der Waals surface area contributed by atoms with Gasteiger partial charge < -0.3 is 20.4 Å². The molecule has 0 heterocycles. The number of aliphatic carboxylic acids is 2. The van der Waals surface area contributed by atoms with E-state index < -0.39 is 11.9 Å². The summed E-state index contributed by atoms with van der Waals surface area (Å²) in [5.41, 5.74) is 0. The van der Waals surface area contributed by atoms with Gasteiger partial charge in [0.1, 0.15) is 0 Å². The fourth-order valence-electron chi connectivity index (χ4n) is 15.2. The highest BCUT2D eigenvalue weighted by Crippen LogP contribution is 2.49. The molecule has 2 aliphatic carbocycles. The normalized spacial score (nSPS) is 21.4. The molecule has 78 heavy (non-hydrogen) atoms. The summed E-state index contributed by atoms with van der Waals surface area (Å²) in [5, 5.41) is 35.9. The van der Waals surface area contributed by atoms with Crippen LogP contribution in [0.15, 0.2) is 0 Å². The minimum Gasteiger partial charge on any atom is -0.481 e. The third kappa shape index (κ3) is 41.8. The molecule has 6 heteroatoms. The largest absolute Gasteiger partial charge is 0.481 e. The van der Waals surface area contributed by atoms with Gasteiger partial charge in [-0.1, -0.05) is 297 Å². The Hall–Kier alpha value is -1.14. The van der Waals surface area contributed by atoms with E-state index in [2.05, 4.69) is 27.7 Å². The Balaban J connectivity index is 0.000000781. The van der Waals surface area contributed by atoms with E-state index in [9.17, 15) is 9.59 Å². The quantitative estimate of drug-likeness (QED) is 0.0451. The van der Waals surface area contributed by atoms with Gasteiger partial charge in [0.25, 0.3) is 0 Å². The molecule has 2 saturated carbocycles. The lowest BCUT2D eigenvalue weighted by atomic mass is 9.61. The number of unbranched alkanes of at least 4 members (excludes halogenated alkanes) is 34. The summed E-state index contributed by atoms with van der Waals surface area (Å²) < 4.78 is 0. The van der Waals surface area contributed by atoms with E-state index in [0.29, 0.717) is 26.1 Å². The standard InChI is InChI=1S/C36H68O4.C36H72O2/c1-3-5-7-11-17-23-31-29-30-32(24-18-15-16-22-28-36(39)40)34(33(31)25-19-12-8-6-4-2)26-20-13-9-10-14-21-27-35(37)38;1-3-5-7-13-19-25-33-29-30-34(26-20-15-12-18-24-32-38)36(35(33)27-21-14-8-6-4-2)28-22-16-10-9-11-17-23-31-37/h31-34H,3-30H2,1-2H3,(H,37,38)(H,39,40);33-38H,3-32H2,1-2H3. The van der Waals surface area contributed by atoms with E-state index in [1.54, 1.807) is 0 Å². The molecule has 6 nitrogen and oxygen atoms in total. The molecule has 2 aliphatic rings. The third-order valence-electron chi connectivity index (χ3n) is 19.8. The van der Waals surface area contributed by atoms with E-state index in [0.717, 1.165) is 85.9 Å². The molecule has 2 fully saturated rings. The van der Waals surface area contributed by atoms with Crippen LogP contribution in [0.5, 0.6) is 0 Å². The smallest absolute Gasteiger partial charge is 0.303 e. The van der Waals surface area contributed by atoms with Crippen LogP contribution in [0.25, 0.3) is 0 Å². The van der Waals surface area contributed by atoms with Crippen molar-refractivity contribution < 1.29 is 30.0 Å². The minimum atomic E-state index is -0.661. The number of hydrogen-bond acceptors (Lipinski definition) is 4. The lowest BCUT2D eigenvalue weighted by Crippen LogP contribution is -2.35. The van der Waals surface area contributed by atoms with E-state index in [1.807, 2.05) is 0 Å². The van der Waals surface area contributed by atoms with E-state index >= 15 is 0 Å². The van der Waals surface area contributed by atoms with Gasteiger partial charge in [-0.15, -0.1) is 0 Å². The zero-order valence-corrected chi connectivity index (χ0v) is 53.2. The lowest BCUT2D eigenvalue weighted by molar-refractivity contribution is -0.138. The molecule has 0 radical (unpaired) electrons. The van der Waals surface area contributed by atoms with Gasteiger partial charge in [0, 0.05) is 26.1 Å². The zero-order valence-electron chi connectivity index (χ0n) is 53.2. The van der Waals surface area contributed by atoms with Gasteiger partial charge in [-0.25, -0.2) is 0 Å². The molecule has 0 amide bonds. The highest BCUT2D eigenvalue weighted by Gasteiger charge is 2.39. The van der Waals surface area contributed by atoms with Gasteiger partial charge in [0.15, 0.2) is 0 Å². The molecule has 2 rings (SSSR count). The first kappa shape index (κ1) is 74.9. The molecule has 0 spiro atoms. The number of aliphatic hydroxyl groups is 2. The number of hydrogen-bond donors (Lipinski definition) is 4. The first-order chi connectivity index (χ1) is 38.3.